The summed E-state index contributed by atoms with van der Waals surface area (Å²) in [5.41, 5.74) is 2.32. The number of alkyl halides is 3. The number of carbonyl (C=O) groups is 1. The summed E-state index contributed by atoms with van der Waals surface area (Å²) in [5.74, 6) is -1.25. The molecule has 13 heteroatoms. The fourth-order valence-corrected chi connectivity index (χ4v) is 3.76. The van der Waals surface area contributed by atoms with E-state index in [4.69, 9.17) is 4.98 Å². The van der Waals surface area contributed by atoms with E-state index in [-0.39, 0.29) is 17.6 Å². The van der Waals surface area contributed by atoms with Crippen molar-refractivity contribution in [3.8, 4) is 5.95 Å². The minimum atomic E-state index is -4.68. The van der Waals surface area contributed by atoms with Crippen LogP contribution in [-0.4, -0.2) is 45.4 Å². The number of amides is 1. The Kier molecular flexibility index (Phi) is 4.68. The molecular formula is C19H18F3N9O. The van der Waals surface area contributed by atoms with Crippen molar-refractivity contribution in [2.24, 2.45) is 0 Å². The van der Waals surface area contributed by atoms with Crippen molar-refractivity contribution in [1.29, 1.82) is 0 Å². The molecule has 166 valence electrons. The molecular weight excluding hydrogens is 427 g/mol. The maximum Gasteiger partial charge on any atom is 0.451 e. The monoisotopic (exact) mass is 445 g/mol. The average Bonchev–Trinajstić information content (AvgIpc) is 3.41. The number of aryl methyl sites for hydroxylation is 3. The largest absolute Gasteiger partial charge is 0.451 e. The molecule has 4 heterocycles. The van der Waals surface area contributed by atoms with E-state index in [1.54, 1.807) is 17.2 Å². The third-order valence-electron chi connectivity index (χ3n) is 5.27. The first-order chi connectivity index (χ1) is 15.3. The molecule has 10 nitrogen and oxygen atoms in total. The number of nitrogens with one attached hydrogen (secondary N) is 2. The summed E-state index contributed by atoms with van der Waals surface area (Å²) in [4.78, 5) is 24.7. The minimum absolute atomic E-state index is 0.163. The molecule has 0 fully saturated rings. The Morgan fingerprint density at radius 2 is 2.00 bits per heavy atom. The van der Waals surface area contributed by atoms with Gasteiger partial charge in [0.2, 0.25) is 11.6 Å². The molecule has 0 saturated heterocycles. The molecule has 3 aromatic heterocycles. The Bertz CT molecular complexity index is 1320. The molecule has 1 aliphatic heterocycles. The molecule has 0 bridgehead atoms. The number of fused-ring (bicyclic) bond motifs is 3. The number of aromatic nitrogens is 8. The highest BCUT2D eigenvalue weighted by Gasteiger charge is 2.35. The Balaban J connectivity index is 1.38. The summed E-state index contributed by atoms with van der Waals surface area (Å²) in [5, 5.41) is 12.0. The zero-order chi connectivity index (χ0) is 22.5. The number of nitrogens with zero attached hydrogens (tertiary/aromatic N) is 7. The van der Waals surface area contributed by atoms with E-state index in [1.165, 1.54) is 13.3 Å². The number of halogens is 3. The van der Waals surface area contributed by atoms with E-state index in [9.17, 15) is 18.0 Å². The predicted octanol–water partition coefficient (Wildman–Crippen LogP) is 3.04. The first kappa shape index (κ1) is 20.2. The lowest BCUT2D eigenvalue weighted by Gasteiger charge is -2.05. The van der Waals surface area contributed by atoms with Gasteiger partial charge in [-0.1, -0.05) is 6.42 Å². The van der Waals surface area contributed by atoms with Crippen molar-refractivity contribution in [3.05, 3.63) is 41.5 Å². The van der Waals surface area contributed by atoms with Gasteiger partial charge in [0.15, 0.2) is 0 Å². The van der Waals surface area contributed by atoms with Gasteiger partial charge in [0.05, 0.1) is 11.0 Å². The maximum atomic E-state index is 12.7. The fourth-order valence-electron chi connectivity index (χ4n) is 3.76. The van der Waals surface area contributed by atoms with Crippen molar-refractivity contribution in [2.45, 2.75) is 45.3 Å². The molecule has 2 N–H and O–H groups in total. The van der Waals surface area contributed by atoms with Crippen LogP contribution in [0.15, 0.2) is 18.2 Å². The maximum absolute atomic E-state index is 12.7. The molecule has 4 aromatic rings. The van der Waals surface area contributed by atoms with Gasteiger partial charge in [-0.15, -0.1) is 10.2 Å². The van der Waals surface area contributed by atoms with Crippen LogP contribution >= 0.6 is 0 Å². The lowest BCUT2D eigenvalue weighted by molar-refractivity contribution is -0.144. The lowest BCUT2D eigenvalue weighted by atomic mass is 10.2. The van der Waals surface area contributed by atoms with E-state index < -0.39 is 17.9 Å². The van der Waals surface area contributed by atoms with Crippen LogP contribution in [0.4, 0.5) is 18.9 Å². The minimum Gasteiger partial charge on any atom is -0.328 e. The van der Waals surface area contributed by atoms with Gasteiger partial charge in [0.25, 0.3) is 11.9 Å². The van der Waals surface area contributed by atoms with Gasteiger partial charge in [0.1, 0.15) is 11.6 Å². The van der Waals surface area contributed by atoms with Gasteiger partial charge >= 0.3 is 6.18 Å². The molecule has 0 atom stereocenters. The summed E-state index contributed by atoms with van der Waals surface area (Å²) in [6.07, 6.45) is -0.350. The molecule has 0 spiro atoms. The average molecular weight is 445 g/mol. The number of rotatable bonds is 3. The second-order valence-corrected chi connectivity index (χ2v) is 7.52. The zero-order valence-electron chi connectivity index (χ0n) is 16.9. The number of anilines is 1. The third kappa shape index (κ3) is 3.59. The van der Waals surface area contributed by atoms with Crippen LogP contribution in [-0.2, 0) is 19.1 Å². The van der Waals surface area contributed by atoms with E-state index in [2.05, 4.69) is 30.0 Å². The van der Waals surface area contributed by atoms with E-state index >= 15 is 0 Å². The van der Waals surface area contributed by atoms with Crippen LogP contribution in [0, 0.1) is 6.92 Å². The number of imidazole rings is 1. The zero-order valence-corrected chi connectivity index (χ0v) is 16.9. The first-order valence-corrected chi connectivity index (χ1v) is 10.0. The normalized spacial score (nSPS) is 14.4. The van der Waals surface area contributed by atoms with E-state index in [0.29, 0.717) is 5.69 Å². The Morgan fingerprint density at radius 3 is 2.78 bits per heavy atom. The van der Waals surface area contributed by atoms with Crippen LogP contribution in [0.25, 0.3) is 17.0 Å². The molecule has 1 aliphatic rings. The highest BCUT2D eigenvalue weighted by molar-refractivity contribution is 6.02. The van der Waals surface area contributed by atoms with E-state index in [1.807, 2.05) is 6.07 Å². The van der Waals surface area contributed by atoms with Crippen LogP contribution < -0.4 is 5.32 Å². The van der Waals surface area contributed by atoms with Gasteiger partial charge < -0.3 is 9.88 Å². The second kappa shape index (κ2) is 7.43. The van der Waals surface area contributed by atoms with Gasteiger partial charge in [-0.05, 0) is 38.0 Å². The molecule has 0 aliphatic carbocycles. The van der Waals surface area contributed by atoms with Crippen LogP contribution in [0.5, 0.6) is 0 Å². The fraction of sp³-hybridized carbons (Fsp3) is 0.368. The summed E-state index contributed by atoms with van der Waals surface area (Å²) >= 11 is 0. The summed E-state index contributed by atoms with van der Waals surface area (Å²) in [7, 11) is 0. The second-order valence-electron chi connectivity index (χ2n) is 7.52. The topological polar surface area (TPSA) is 119 Å². The van der Waals surface area contributed by atoms with Crippen LogP contribution in [0.3, 0.4) is 0 Å². The highest BCUT2D eigenvalue weighted by atomic mass is 19.4. The van der Waals surface area contributed by atoms with Crippen molar-refractivity contribution < 1.29 is 18.0 Å². The van der Waals surface area contributed by atoms with Crippen LogP contribution in [0.2, 0.25) is 0 Å². The number of benzene rings is 1. The molecule has 5 rings (SSSR count). The number of aromatic amines is 1. The van der Waals surface area contributed by atoms with Gasteiger partial charge in [-0.3, -0.25) is 9.89 Å². The first-order valence-electron chi connectivity index (χ1n) is 10.0. The molecule has 0 saturated carbocycles. The van der Waals surface area contributed by atoms with Gasteiger partial charge in [-0.25, -0.2) is 9.97 Å². The smallest absolute Gasteiger partial charge is 0.328 e. The van der Waals surface area contributed by atoms with Crippen molar-refractivity contribution >= 4 is 22.6 Å². The summed E-state index contributed by atoms with van der Waals surface area (Å²) in [6, 6.07) is 5.47. The number of hydrogen-bond acceptors (Lipinski definition) is 6. The molecule has 1 amide bonds. The lowest BCUT2D eigenvalue weighted by Crippen LogP contribution is -2.14. The number of hydrogen-bond donors (Lipinski definition) is 2. The Hall–Kier alpha value is -3.77. The summed E-state index contributed by atoms with van der Waals surface area (Å²) < 4.78 is 41.4. The SMILES string of the molecule is Cc1nc(C(=O)Nc2ccc3c(c2)nc2n3CCCCC2)nn1-c1n[nH]c(C(F)(F)F)n1. The van der Waals surface area contributed by atoms with Crippen molar-refractivity contribution in [3.63, 3.8) is 0 Å². The van der Waals surface area contributed by atoms with Crippen molar-refractivity contribution in [2.75, 3.05) is 5.32 Å². The van der Waals surface area contributed by atoms with Crippen LogP contribution in [0.1, 0.15) is 47.4 Å². The number of carbonyl (C=O) groups excluding carboxylic acids is 1. The van der Waals surface area contributed by atoms with Gasteiger partial charge in [0, 0.05) is 18.7 Å². The third-order valence-corrected chi connectivity index (χ3v) is 5.27. The highest BCUT2D eigenvalue weighted by Crippen LogP contribution is 2.26. The van der Waals surface area contributed by atoms with E-state index in [0.717, 1.165) is 47.3 Å². The van der Waals surface area contributed by atoms with Gasteiger partial charge in [-0.2, -0.15) is 22.8 Å². The quantitative estimate of drug-likeness (QED) is 0.500. The Labute approximate surface area is 178 Å². The van der Waals surface area contributed by atoms with Crippen molar-refractivity contribution in [1.82, 2.24) is 39.5 Å². The molecule has 0 unspecified atom stereocenters. The Morgan fingerprint density at radius 1 is 1.16 bits per heavy atom. The predicted molar refractivity (Wildman–Crippen MR) is 106 cm³/mol. The standard InChI is InChI=1S/C19H18F3N9O/c1-10-23-15(29-31(10)18-26-17(27-28-18)19(20,21)22)16(32)24-11-6-7-13-12(9-11)25-14-5-3-2-4-8-30(13)14/h6-7,9H,2-5,8H2,1H3,(H,24,32)(H,26,27,28). The molecule has 1 aromatic carbocycles. The number of H-pyrrole nitrogens is 1. The molecule has 0 radical (unpaired) electrons. The molecule has 32 heavy (non-hydrogen) atoms. The summed E-state index contributed by atoms with van der Waals surface area (Å²) in [6.45, 7) is 2.41.